The van der Waals surface area contributed by atoms with Crippen molar-refractivity contribution < 1.29 is 17.9 Å². The van der Waals surface area contributed by atoms with E-state index in [0.29, 0.717) is 40.1 Å². The van der Waals surface area contributed by atoms with E-state index >= 15 is 0 Å². The maximum absolute atomic E-state index is 13.7. The van der Waals surface area contributed by atoms with Crippen LogP contribution < -0.4 is 9.47 Å². The Balaban J connectivity index is 1.58. The molecule has 4 aromatic rings. The fraction of sp³-hybridized carbons (Fsp3) is 0.385. The van der Waals surface area contributed by atoms with Gasteiger partial charge in [0.25, 0.3) is 0 Å². The van der Waals surface area contributed by atoms with E-state index in [2.05, 4.69) is 20.2 Å². The second-order valence-corrected chi connectivity index (χ2v) is 11.7. The Hall–Kier alpha value is -4.31. The number of nitriles is 1. The molecule has 0 radical (unpaired) electrons. The summed E-state index contributed by atoms with van der Waals surface area (Å²) in [5, 5.41) is 21.6. The summed E-state index contributed by atoms with van der Waals surface area (Å²) in [5.74, 6) is 0.918. The van der Waals surface area contributed by atoms with Crippen molar-refractivity contribution in [3.63, 3.8) is 0 Å². The molecule has 1 aliphatic heterocycles. The summed E-state index contributed by atoms with van der Waals surface area (Å²) in [6.07, 6.45) is 4.71. The molecule has 1 aromatic carbocycles. The second kappa shape index (κ2) is 10.5. The van der Waals surface area contributed by atoms with Gasteiger partial charge in [-0.2, -0.15) is 10.4 Å². The van der Waals surface area contributed by atoms with Crippen molar-refractivity contribution in [2.45, 2.75) is 50.2 Å². The highest BCUT2D eigenvalue weighted by Crippen LogP contribution is 2.37. The summed E-state index contributed by atoms with van der Waals surface area (Å²) in [5.41, 5.74) is 2.46. The second-order valence-electron chi connectivity index (χ2n) is 9.38. The summed E-state index contributed by atoms with van der Waals surface area (Å²) >= 11 is 0. The van der Waals surface area contributed by atoms with Crippen LogP contribution in [0.15, 0.2) is 36.7 Å². The van der Waals surface area contributed by atoms with Crippen LogP contribution in [0.3, 0.4) is 0 Å². The van der Waals surface area contributed by atoms with E-state index in [1.807, 2.05) is 16.8 Å². The lowest BCUT2D eigenvalue weighted by atomic mass is 10.1. The number of sulfone groups is 1. The summed E-state index contributed by atoms with van der Waals surface area (Å²) in [6.45, 7) is 4.18. The highest BCUT2D eigenvalue weighted by Gasteiger charge is 2.33. The molecule has 0 saturated carbocycles. The number of hydrogen-bond acceptors (Lipinski definition) is 10. The zero-order valence-corrected chi connectivity index (χ0v) is 22.9. The Labute approximate surface area is 226 Å². The number of aryl methyl sites for hydroxylation is 2. The predicted molar refractivity (Wildman–Crippen MR) is 141 cm³/mol. The van der Waals surface area contributed by atoms with Crippen molar-refractivity contribution in [3.8, 4) is 34.8 Å². The Morgan fingerprint density at radius 3 is 2.41 bits per heavy atom. The minimum absolute atomic E-state index is 0.195. The molecule has 0 fully saturated rings. The van der Waals surface area contributed by atoms with E-state index in [1.165, 1.54) is 26.6 Å². The maximum atomic E-state index is 13.7. The quantitative estimate of drug-likeness (QED) is 0.305. The molecule has 0 spiro atoms. The minimum Gasteiger partial charge on any atom is -0.494 e. The average Bonchev–Trinajstić information content (AvgIpc) is 3.66. The zero-order chi connectivity index (χ0) is 27.7. The molecule has 202 valence electrons. The number of aromatic nitrogens is 7. The Bertz CT molecular complexity index is 1610. The van der Waals surface area contributed by atoms with Gasteiger partial charge in [-0.25, -0.2) is 18.4 Å². The Morgan fingerprint density at radius 2 is 1.79 bits per heavy atom. The fourth-order valence-corrected chi connectivity index (χ4v) is 6.25. The molecule has 0 aliphatic carbocycles. The number of hydrogen-bond donors (Lipinski definition) is 0. The van der Waals surface area contributed by atoms with Gasteiger partial charge in [-0.15, -0.1) is 10.2 Å². The SMILES string of the molecule is COc1cccc(OC)c1-n1c(CS(=O)(=O)[C@@H](C)[C@H](C)c2ncc(C#N)cn2)nnc1-c1cc2n(n1)CCC2. The molecule has 0 unspecified atom stereocenters. The van der Waals surface area contributed by atoms with E-state index in [-0.39, 0.29) is 5.82 Å². The van der Waals surface area contributed by atoms with Crippen molar-refractivity contribution in [1.29, 1.82) is 5.26 Å². The molecular weight excluding hydrogens is 520 g/mol. The number of fused-ring (bicyclic) bond motifs is 1. The first kappa shape index (κ1) is 26.3. The highest BCUT2D eigenvalue weighted by atomic mass is 32.2. The van der Waals surface area contributed by atoms with Crippen LogP contribution in [0.1, 0.15) is 49.1 Å². The first-order valence-corrected chi connectivity index (χ1v) is 14.1. The molecule has 12 nitrogen and oxygen atoms in total. The normalized spacial score (nSPS) is 14.4. The van der Waals surface area contributed by atoms with Crippen LogP contribution in [0.4, 0.5) is 0 Å². The summed E-state index contributed by atoms with van der Waals surface area (Å²) in [4.78, 5) is 8.39. The van der Waals surface area contributed by atoms with Gasteiger partial charge in [0.2, 0.25) is 0 Å². The fourth-order valence-electron chi connectivity index (χ4n) is 4.70. The molecule has 4 heterocycles. The van der Waals surface area contributed by atoms with Crippen molar-refractivity contribution in [2.75, 3.05) is 14.2 Å². The van der Waals surface area contributed by atoms with Gasteiger partial charge in [-0.05, 0) is 38.0 Å². The molecule has 0 N–H and O–H groups in total. The predicted octanol–water partition coefficient (Wildman–Crippen LogP) is 2.86. The Kier molecular flexibility index (Phi) is 7.05. The number of ether oxygens (including phenoxy) is 2. The van der Waals surface area contributed by atoms with E-state index in [1.54, 1.807) is 36.6 Å². The topological polar surface area (TPSA) is 151 Å². The summed E-state index contributed by atoms with van der Waals surface area (Å²) in [6, 6.07) is 9.24. The van der Waals surface area contributed by atoms with Crippen molar-refractivity contribution in [1.82, 2.24) is 34.5 Å². The van der Waals surface area contributed by atoms with Gasteiger partial charge in [0.1, 0.15) is 40.5 Å². The van der Waals surface area contributed by atoms with Gasteiger partial charge in [0, 0.05) is 30.6 Å². The van der Waals surface area contributed by atoms with E-state index in [0.717, 1.165) is 25.1 Å². The molecule has 5 rings (SSSR count). The van der Waals surface area contributed by atoms with Gasteiger partial charge in [-0.1, -0.05) is 13.0 Å². The standard InChI is InChI=1S/C26H28N8O4S/c1-16(25-28-13-18(12-27)14-29-25)17(2)39(35,36)15-23-30-31-26(20-11-19-7-6-10-33(19)32-20)34(23)24-21(37-3)8-5-9-22(24)38-4/h5,8-9,11,13-14,16-17H,6-7,10,15H2,1-4H3/t16-,17-/m0/s1. The first-order chi connectivity index (χ1) is 18.8. The molecule has 1 aliphatic rings. The molecular formula is C26H28N8O4S. The third-order valence-corrected chi connectivity index (χ3v) is 9.26. The maximum Gasteiger partial charge on any atom is 0.189 e. The highest BCUT2D eigenvalue weighted by molar-refractivity contribution is 7.91. The molecule has 0 bridgehead atoms. The van der Waals surface area contributed by atoms with Crippen molar-refractivity contribution in [2.24, 2.45) is 0 Å². The molecule has 3 aromatic heterocycles. The number of methoxy groups -OCH3 is 2. The lowest BCUT2D eigenvalue weighted by Gasteiger charge is -2.20. The number of benzene rings is 1. The van der Waals surface area contributed by atoms with Crippen molar-refractivity contribution >= 4 is 9.84 Å². The largest absolute Gasteiger partial charge is 0.494 e. The third kappa shape index (κ3) is 4.83. The number of nitrogens with zero attached hydrogens (tertiary/aromatic N) is 8. The molecule has 0 saturated heterocycles. The number of rotatable bonds is 9. The van der Waals surface area contributed by atoms with Gasteiger partial charge < -0.3 is 9.47 Å². The van der Waals surface area contributed by atoms with Crippen LogP contribution in [-0.4, -0.2) is 62.4 Å². The summed E-state index contributed by atoms with van der Waals surface area (Å²) < 4.78 is 42.3. The average molecular weight is 549 g/mol. The molecule has 0 amide bonds. The van der Waals surface area contributed by atoms with Crippen LogP contribution >= 0.6 is 0 Å². The smallest absolute Gasteiger partial charge is 0.189 e. The monoisotopic (exact) mass is 548 g/mol. The Morgan fingerprint density at radius 1 is 1.10 bits per heavy atom. The van der Waals surface area contributed by atoms with E-state index in [9.17, 15) is 8.42 Å². The van der Waals surface area contributed by atoms with Gasteiger partial charge in [0.05, 0.1) is 25.0 Å². The molecule has 39 heavy (non-hydrogen) atoms. The van der Waals surface area contributed by atoms with Gasteiger partial charge in [-0.3, -0.25) is 9.25 Å². The van der Waals surface area contributed by atoms with Crippen LogP contribution in [-0.2, 0) is 28.6 Å². The van der Waals surface area contributed by atoms with Crippen molar-refractivity contribution in [3.05, 3.63) is 59.6 Å². The van der Waals surface area contributed by atoms with E-state index < -0.39 is 26.8 Å². The first-order valence-electron chi connectivity index (χ1n) is 12.4. The zero-order valence-electron chi connectivity index (χ0n) is 22.1. The molecule has 13 heteroatoms. The lowest BCUT2D eigenvalue weighted by molar-refractivity contribution is 0.390. The third-order valence-electron chi connectivity index (χ3n) is 7.06. The van der Waals surface area contributed by atoms with Crippen LogP contribution in [0.5, 0.6) is 11.5 Å². The van der Waals surface area contributed by atoms with Crippen LogP contribution in [0, 0.1) is 11.3 Å². The molecule has 2 atom stereocenters. The van der Waals surface area contributed by atoms with E-state index in [4.69, 9.17) is 19.8 Å². The lowest BCUT2D eigenvalue weighted by Crippen LogP contribution is -2.27. The van der Waals surface area contributed by atoms with Crippen LogP contribution in [0.2, 0.25) is 0 Å². The van der Waals surface area contributed by atoms with Crippen LogP contribution in [0.25, 0.3) is 17.2 Å². The summed E-state index contributed by atoms with van der Waals surface area (Å²) in [7, 11) is -0.721. The van der Waals surface area contributed by atoms with Gasteiger partial charge in [0.15, 0.2) is 21.5 Å². The van der Waals surface area contributed by atoms with Gasteiger partial charge >= 0.3 is 0 Å². The minimum atomic E-state index is -3.79. The number of para-hydroxylation sites is 1.